The summed E-state index contributed by atoms with van der Waals surface area (Å²) in [5.74, 6) is 13.2. The summed E-state index contributed by atoms with van der Waals surface area (Å²) < 4.78 is 5.83. The molecule has 0 radical (unpaired) electrons. The van der Waals surface area contributed by atoms with E-state index in [1.54, 1.807) is 0 Å². The molecule has 0 atom stereocenters. The molecule has 2 aromatic heterocycles. The molecule has 0 bridgehead atoms. The number of ether oxygens (including phenoxy) is 1. The molecule has 47 heavy (non-hydrogen) atoms. The van der Waals surface area contributed by atoms with Crippen molar-refractivity contribution in [1.29, 1.82) is 0 Å². The number of fused-ring (bicyclic) bond motifs is 2. The molecule has 3 nitrogen and oxygen atoms in total. The minimum absolute atomic E-state index is 0.797. The van der Waals surface area contributed by atoms with Gasteiger partial charge in [0.25, 0.3) is 0 Å². The highest BCUT2D eigenvalue weighted by molar-refractivity contribution is 5.85. The van der Waals surface area contributed by atoms with Gasteiger partial charge in [0.15, 0.2) is 0 Å². The molecule has 0 N–H and O–H groups in total. The molecule has 0 aliphatic carbocycles. The summed E-state index contributed by atoms with van der Waals surface area (Å²) in [6.07, 6.45) is 11.4. The Bertz CT molecular complexity index is 1860. The predicted molar refractivity (Wildman–Crippen MR) is 194 cm³/mol. The molecule has 0 saturated heterocycles. The minimum Gasteiger partial charge on any atom is -0.381 e. The molecule has 0 spiro atoms. The van der Waals surface area contributed by atoms with Crippen LogP contribution in [0.25, 0.3) is 21.5 Å². The number of aromatic nitrogens is 2. The summed E-state index contributed by atoms with van der Waals surface area (Å²) in [7, 11) is 0. The molecule has 0 unspecified atom stereocenters. The van der Waals surface area contributed by atoms with Crippen LogP contribution < -0.4 is 0 Å². The molecule has 232 valence electrons. The lowest BCUT2D eigenvalue weighted by Crippen LogP contribution is -1.96. The van der Waals surface area contributed by atoms with Crippen LogP contribution in [-0.2, 0) is 17.6 Å². The largest absolute Gasteiger partial charge is 0.381 e. The van der Waals surface area contributed by atoms with Gasteiger partial charge in [-0.3, -0.25) is 9.97 Å². The van der Waals surface area contributed by atoms with E-state index in [1.165, 1.54) is 32.7 Å². The molecule has 0 saturated carbocycles. The van der Waals surface area contributed by atoms with Gasteiger partial charge in [-0.2, -0.15) is 0 Å². The maximum absolute atomic E-state index is 5.83. The molecule has 0 fully saturated rings. The number of nitrogens with zero attached hydrogens (tertiary/aromatic N) is 2. The van der Waals surface area contributed by atoms with Crippen molar-refractivity contribution in [3.8, 4) is 23.7 Å². The van der Waals surface area contributed by atoms with Crippen LogP contribution >= 0.6 is 0 Å². The summed E-state index contributed by atoms with van der Waals surface area (Å²) in [4.78, 5) is 9.24. The van der Waals surface area contributed by atoms with Crippen molar-refractivity contribution in [1.82, 2.24) is 9.97 Å². The second-order valence-corrected chi connectivity index (χ2v) is 11.8. The summed E-state index contributed by atoms with van der Waals surface area (Å²) in [5, 5.41) is 4.90. The standard InChI is InChI=1S/C44H40N2O/c1(5-13-35-19-23-37(24-20-35)33-43-41-17-9-7-15-39(41)27-29-45-43)3-11-31-47-32-12-4-2-6-14-36-21-25-38(26-22-36)34-44-42-18-10-8-16-40(42)28-30-46-44/h7-10,15-30H,1-4,11-12,31-34H2. The van der Waals surface area contributed by atoms with E-state index in [-0.39, 0.29) is 0 Å². The molecule has 3 heteroatoms. The second-order valence-electron chi connectivity index (χ2n) is 11.8. The zero-order valence-electron chi connectivity index (χ0n) is 26.9. The summed E-state index contributed by atoms with van der Waals surface area (Å²) >= 11 is 0. The van der Waals surface area contributed by atoms with Crippen molar-refractivity contribution in [3.05, 3.63) is 155 Å². The summed E-state index contributed by atoms with van der Waals surface area (Å²) in [6.45, 7) is 1.59. The highest BCUT2D eigenvalue weighted by Crippen LogP contribution is 2.21. The van der Waals surface area contributed by atoms with Crippen molar-refractivity contribution < 1.29 is 4.74 Å². The maximum Gasteiger partial charge on any atom is 0.0525 e. The van der Waals surface area contributed by atoms with E-state index in [2.05, 4.69) is 143 Å². The van der Waals surface area contributed by atoms with Crippen molar-refractivity contribution >= 4 is 21.5 Å². The van der Waals surface area contributed by atoms with Gasteiger partial charge in [-0.1, -0.05) is 96.5 Å². The van der Waals surface area contributed by atoms with Gasteiger partial charge in [-0.15, -0.1) is 0 Å². The third kappa shape index (κ3) is 9.40. The van der Waals surface area contributed by atoms with E-state index < -0.39 is 0 Å². The van der Waals surface area contributed by atoms with E-state index in [0.29, 0.717) is 0 Å². The number of pyridine rings is 2. The lowest BCUT2D eigenvalue weighted by Gasteiger charge is -2.06. The van der Waals surface area contributed by atoms with Crippen molar-refractivity contribution in [2.45, 2.75) is 51.4 Å². The molecule has 0 amide bonds. The SMILES string of the molecule is C(#Cc1ccc(Cc2nccc3ccccc23)cc1)CCCCOCCCCC#Cc1ccc(Cc2nccc3ccccc23)cc1. The first kappa shape index (κ1) is 31.7. The summed E-state index contributed by atoms with van der Waals surface area (Å²) in [5.41, 5.74) is 6.85. The summed E-state index contributed by atoms with van der Waals surface area (Å²) in [6, 6.07) is 38.1. The highest BCUT2D eigenvalue weighted by Gasteiger charge is 2.05. The fraction of sp³-hybridized carbons (Fsp3) is 0.227. The molecular formula is C44H40N2O. The molecule has 2 heterocycles. The highest BCUT2D eigenvalue weighted by atomic mass is 16.5. The normalized spacial score (nSPS) is 10.7. The van der Waals surface area contributed by atoms with Crippen LogP contribution in [0.4, 0.5) is 0 Å². The number of benzene rings is 4. The van der Waals surface area contributed by atoms with Gasteiger partial charge in [0.05, 0.1) is 11.4 Å². The lowest BCUT2D eigenvalue weighted by atomic mass is 10.0. The van der Waals surface area contributed by atoms with E-state index in [0.717, 1.165) is 87.1 Å². The Balaban J connectivity index is 0.815. The first-order valence-corrected chi connectivity index (χ1v) is 16.7. The van der Waals surface area contributed by atoms with Crippen LogP contribution in [0, 0.1) is 23.7 Å². The van der Waals surface area contributed by atoms with Crippen molar-refractivity contribution in [2.75, 3.05) is 13.2 Å². The lowest BCUT2D eigenvalue weighted by molar-refractivity contribution is 0.127. The van der Waals surface area contributed by atoms with E-state index >= 15 is 0 Å². The number of hydrogen-bond acceptors (Lipinski definition) is 3. The third-order valence-electron chi connectivity index (χ3n) is 8.31. The van der Waals surface area contributed by atoms with Crippen LogP contribution in [0.15, 0.2) is 122 Å². The van der Waals surface area contributed by atoms with Crippen molar-refractivity contribution in [2.24, 2.45) is 0 Å². The number of unbranched alkanes of at least 4 members (excludes halogenated alkanes) is 4. The van der Waals surface area contributed by atoms with Gasteiger partial charge >= 0.3 is 0 Å². The second kappa shape index (κ2) is 16.9. The quantitative estimate of drug-likeness (QED) is 0.102. The van der Waals surface area contributed by atoms with Gasteiger partial charge in [0.1, 0.15) is 0 Å². The van der Waals surface area contributed by atoms with Gasteiger partial charge in [0.2, 0.25) is 0 Å². The third-order valence-corrected chi connectivity index (χ3v) is 8.31. The van der Waals surface area contributed by atoms with E-state index in [4.69, 9.17) is 4.74 Å². The Labute approximate surface area is 279 Å². The first-order valence-electron chi connectivity index (χ1n) is 16.7. The number of hydrogen-bond donors (Lipinski definition) is 0. The van der Waals surface area contributed by atoms with Gasteiger partial charge < -0.3 is 4.74 Å². The van der Waals surface area contributed by atoms with Gasteiger partial charge in [-0.25, -0.2) is 0 Å². The van der Waals surface area contributed by atoms with E-state index in [9.17, 15) is 0 Å². The fourth-order valence-electron chi connectivity index (χ4n) is 5.71. The van der Waals surface area contributed by atoms with Gasteiger partial charge in [0, 0.05) is 73.2 Å². The molecule has 6 aromatic rings. The monoisotopic (exact) mass is 612 g/mol. The Kier molecular flexibility index (Phi) is 11.4. The molecule has 0 aliphatic heterocycles. The predicted octanol–water partition coefficient (Wildman–Crippen LogP) is 9.72. The Morgan fingerprint density at radius 1 is 0.468 bits per heavy atom. The average molecular weight is 613 g/mol. The fourth-order valence-corrected chi connectivity index (χ4v) is 5.71. The zero-order chi connectivity index (χ0) is 31.9. The van der Waals surface area contributed by atoms with Gasteiger partial charge in [-0.05, 0) is 84.0 Å². The Hall–Kier alpha value is -5.22. The molecule has 4 aromatic carbocycles. The zero-order valence-corrected chi connectivity index (χ0v) is 26.9. The molecular weight excluding hydrogens is 572 g/mol. The Morgan fingerprint density at radius 2 is 0.915 bits per heavy atom. The topological polar surface area (TPSA) is 35.0 Å². The number of rotatable bonds is 12. The van der Waals surface area contributed by atoms with Crippen LogP contribution in [0.3, 0.4) is 0 Å². The maximum atomic E-state index is 5.83. The van der Waals surface area contributed by atoms with Crippen LogP contribution in [0.1, 0.15) is 72.2 Å². The van der Waals surface area contributed by atoms with Crippen LogP contribution in [-0.4, -0.2) is 23.2 Å². The van der Waals surface area contributed by atoms with Crippen LogP contribution in [0.2, 0.25) is 0 Å². The molecule has 0 aliphatic rings. The van der Waals surface area contributed by atoms with E-state index in [1.807, 2.05) is 12.4 Å². The smallest absolute Gasteiger partial charge is 0.0525 e. The average Bonchev–Trinajstić information content (AvgIpc) is 3.12. The first-order chi connectivity index (χ1) is 23.3. The minimum atomic E-state index is 0.797. The van der Waals surface area contributed by atoms with Crippen LogP contribution in [0.5, 0.6) is 0 Å². The Morgan fingerprint density at radius 3 is 1.38 bits per heavy atom. The van der Waals surface area contributed by atoms with Crippen molar-refractivity contribution in [3.63, 3.8) is 0 Å². The molecule has 6 rings (SSSR count).